The van der Waals surface area contributed by atoms with E-state index in [0.717, 1.165) is 5.75 Å². The average Bonchev–Trinajstić information content (AvgIpc) is 2.58. The lowest BCUT2D eigenvalue weighted by Crippen LogP contribution is -2.41. The van der Waals surface area contributed by atoms with Crippen molar-refractivity contribution in [3.05, 3.63) is 29.8 Å². The Kier molecular flexibility index (Phi) is 3.67. The molecule has 0 aromatic heterocycles. The van der Waals surface area contributed by atoms with Crippen LogP contribution in [0.2, 0.25) is 0 Å². The monoisotopic (exact) mass is 262 g/mol. The molecule has 19 heavy (non-hydrogen) atoms. The number of ether oxygens (including phenoxy) is 1. The summed E-state index contributed by atoms with van der Waals surface area (Å²) in [5.74, 6) is 1.05. The summed E-state index contributed by atoms with van der Waals surface area (Å²) in [4.78, 5) is 0. The van der Waals surface area contributed by atoms with Gasteiger partial charge in [0.25, 0.3) is 0 Å². The molecule has 3 nitrogen and oxygen atoms in total. The second-order valence-electron chi connectivity index (χ2n) is 6.19. The molecule has 1 heterocycles. The summed E-state index contributed by atoms with van der Waals surface area (Å²) in [5.41, 5.74) is 0.635. The van der Waals surface area contributed by atoms with E-state index in [2.05, 4.69) is 46.8 Å². The molecule has 0 radical (unpaired) electrons. The first kappa shape index (κ1) is 14.4. The molecule has 104 valence electrons. The smallest absolute Gasteiger partial charge is 0.465 e. The molecule has 0 spiro atoms. The predicted octanol–water partition coefficient (Wildman–Crippen LogP) is 3.43. The third kappa shape index (κ3) is 2.65. The van der Waals surface area contributed by atoms with E-state index in [-0.39, 0.29) is 24.1 Å². The van der Waals surface area contributed by atoms with Crippen molar-refractivity contribution in [3.8, 4) is 5.75 Å². The van der Waals surface area contributed by atoms with Gasteiger partial charge in [-0.05, 0) is 45.4 Å². The van der Waals surface area contributed by atoms with Crippen LogP contribution in [0.15, 0.2) is 24.3 Å². The van der Waals surface area contributed by atoms with Crippen LogP contribution in [0.4, 0.5) is 0 Å². The van der Waals surface area contributed by atoms with E-state index in [4.69, 9.17) is 14.0 Å². The largest absolute Gasteiger partial charge is 0.497 e. The topological polar surface area (TPSA) is 27.7 Å². The molecule has 0 aliphatic carbocycles. The summed E-state index contributed by atoms with van der Waals surface area (Å²) in [6.45, 7) is 10.4. The van der Waals surface area contributed by atoms with Gasteiger partial charge in [0.15, 0.2) is 0 Å². The molecule has 1 aliphatic heterocycles. The third-order valence-corrected chi connectivity index (χ3v) is 4.32. The van der Waals surface area contributed by atoms with Gasteiger partial charge in [0, 0.05) is 5.82 Å². The number of hydrogen-bond acceptors (Lipinski definition) is 3. The van der Waals surface area contributed by atoms with Gasteiger partial charge in [-0.2, -0.15) is 0 Å². The molecule has 1 unspecified atom stereocenters. The zero-order valence-corrected chi connectivity index (χ0v) is 12.7. The molecule has 1 aromatic carbocycles. The minimum Gasteiger partial charge on any atom is -0.497 e. The molecule has 0 amide bonds. The van der Waals surface area contributed by atoms with Gasteiger partial charge in [0.05, 0.1) is 18.3 Å². The maximum Gasteiger partial charge on any atom is 0.465 e. The highest BCUT2D eigenvalue weighted by Crippen LogP contribution is 2.40. The molecule has 0 N–H and O–H groups in total. The summed E-state index contributed by atoms with van der Waals surface area (Å²) in [6.07, 6.45) is 0. The normalized spacial score (nSPS) is 22.3. The first-order chi connectivity index (χ1) is 8.77. The van der Waals surface area contributed by atoms with E-state index >= 15 is 0 Å². The average molecular weight is 262 g/mol. The molecule has 1 fully saturated rings. The maximum absolute atomic E-state index is 6.08. The number of benzene rings is 1. The van der Waals surface area contributed by atoms with Crippen LogP contribution in [0, 0.1) is 0 Å². The van der Waals surface area contributed by atoms with E-state index < -0.39 is 0 Å². The SMILES string of the molecule is COc1ccc(C(C)B2OC(C)(C)C(C)(C)O2)cc1. The van der Waals surface area contributed by atoms with Crippen LogP contribution in [-0.4, -0.2) is 25.4 Å². The predicted molar refractivity (Wildman–Crippen MR) is 77.5 cm³/mol. The lowest BCUT2D eigenvalue weighted by atomic mass is 9.69. The van der Waals surface area contributed by atoms with Gasteiger partial charge >= 0.3 is 7.12 Å². The molecular formula is C15H23BO3. The first-order valence-electron chi connectivity index (χ1n) is 6.76. The molecule has 4 heteroatoms. The van der Waals surface area contributed by atoms with E-state index in [1.807, 2.05) is 12.1 Å². The summed E-state index contributed by atoms with van der Waals surface area (Å²) in [5, 5.41) is 0. The fourth-order valence-corrected chi connectivity index (χ4v) is 2.16. The van der Waals surface area contributed by atoms with Crippen LogP contribution < -0.4 is 4.74 Å². The molecule has 1 saturated heterocycles. The quantitative estimate of drug-likeness (QED) is 0.781. The lowest BCUT2D eigenvalue weighted by Gasteiger charge is -2.32. The van der Waals surface area contributed by atoms with Crippen molar-refractivity contribution >= 4 is 7.12 Å². The minimum atomic E-state index is -0.279. The second-order valence-corrected chi connectivity index (χ2v) is 6.19. The Morgan fingerprint density at radius 1 is 1.00 bits per heavy atom. The zero-order chi connectivity index (χ0) is 14.3. The van der Waals surface area contributed by atoms with Gasteiger partial charge in [-0.1, -0.05) is 19.1 Å². The standard InChI is InChI=1S/C15H23BO3/c1-11(12-7-9-13(17-6)10-8-12)16-18-14(2,3)15(4,5)19-16/h7-11H,1-6H3. The summed E-state index contributed by atoms with van der Waals surface area (Å²) in [6, 6.07) is 8.07. The van der Waals surface area contributed by atoms with Crippen molar-refractivity contribution in [2.75, 3.05) is 7.11 Å². The second kappa shape index (κ2) is 4.84. The number of methoxy groups -OCH3 is 1. The zero-order valence-electron chi connectivity index (χ0n) is 12.7. The number of rotatable bonds is 3. The highest BCUT2D eigenvalue weighted by molar-refractivity contribution is 6.47. The van der Waals surface area contributed by atoms with Crippen LogP contribution in [-0.2, 0) is 9.31 Å². The maximum atomic E-state index is 6.08. The van der Waals surface area contributed by atoms with Crippen molar-refractivity contribution in [2.24, 2.45) is 0 Å². The highest BCUT2D eigenvalue weighted by atomic mass is 16.7. The third-order valence-electron chi connectivity index (χ3n) is 4.32. The van der Waals surface area contributed by atoms with E-state index in [1.165, 1.54) is 5.56 Å². The summed E-state index contributed by atoms with van der Waals surface area (Å²) in [7, 11) is 1.46. The van der Waals surface area contributed by atoms with Gasteiger partial charge < -0.3 is 14.0 Å². The molecule has 1 atom stereocenters. The molecule has 0 saturated carbocycles. The molecule has 1 aliphatic rings. The highest BCUT2D eigenvalue weighted by Gasteiger charge is 2.52. The molecular weight excluding hydrogens is 239 g/mol. The fraction of sp³-hybridized carbons (Fsp3) is 0.600. The lowest BCUT2D eigenvalue weighted by molar-refractivity contribution is 0.00578. The van der Waals surface area contributed by atoms with E-state index in [1.54, 1.807) is 7.11 Å². The Morgan fingerprint density at radius 3 is 1.89 bits per heavy atom. The Balaban J connectivity index is 2.14. The van der Waals surface area contributed by atoms with Crippen LogP contribution in [0.3, 0.4) is 0 Å². The summed E-state index contributed by atoms with van der Waals surface area (Å²) >= 11 is 0. The van der Waals surface area contributed by atoms with E-state index in [9.17, 15) is 0 Å². The number of hydrogen-bond donors (Lipinski definition) is 0. The van der Waals surface area contributed by atoms with Crippen molar-refractivity contribution in [1.82, 2.24) is 0 Å². The Hall–Kier alpha value is -0.995. The Labute approximate surface area is 116 Å². The van der Waals surface area contributed by atoms with Crippen molar-refractivity contribution < 1.29 is 14.0 Å². The fourth-order valence-electron chi connectivity index (χ4n) is 2.16. The van der Waals surface area contributed by atoms with Crippen LogP contribution in [0.1, 0.15) is 46.0 Å². The Morgan fingerprint density at radius 2 is 1.47 bits per heavy atom. The van der Waals surface area contributed by atoms with Gasteiger partial charge in [-0.15, -0.1) is 0 Å². The Bertz CT molecular complexity index is 423. The molecule has 0 bridgehead atoms. The summed E-state index contributed by atoms with van der Waals surface area (Å²) < 4.78 is 17.3. The van der Waals surface area contributed by atoms with Gasteiger partial charge in [-0.25, -0.2) is 0 Å². The minimum absolute atomic E-state index is 0.187. The van der Waals surface area contributed by atoms with Crippen molar-refractivity contribution in [2.45, 2.75) is 51.6 Å². The van der Waals surface area contributed by atoms with Gasteiger partial charge in [0.1, 0.15) is 5.75 Å². The van der Waals surface area contributed by atoms with Crippen LogP contribution in [0.5, 0.6) is 5.75 Å². The first-order valence-corrected chi connectivity index (χ1v) is 6.76. The molecule has 2 rings (SSSR count). The van der Waals surface area contributed by atoms with E-state index in [0.29, 0.717) is 0 Å². The van der Waals surface area contributed by atoms with Crippen molar-refractivity contribution in [3.63, 3.8) is 0 Å². The van der Waals surface area contributed by atoms with Crippen molar-refractivity contribution in [1.29, 1.82) is 0 Å². The van der Waals surface area contributed by atoms with Gasteiger partial charge in [-0.3, -0.25) is 0 Å². The van der Waals surface area contributed by atoms with Crippen LogP contribution in [0.25, 0.3) is 0 Å². The van der Waals surface area contributed by atoms with Crippen LogP contribution >= 0.6 is 0 Å². The van der Waals surface area contributed by atoms with Gasteiger partial charge in [0.2, 0.25) is 0 Å². The molecule has 1 aromatic rings.